The summed E-state index contributed by atoms with van der Waals surface area (Å²) in [6, 6.07) is 0. The molecule has 0 rings (SSSR count). The van der Waals surface area contributed by atoms with E-state index in [1.165, 1.54) is 0 Å². The van der Waals surface area contributed by atoms with E-state index in [-0.39, 0.29) is 11.9 Å². The molecule has 0 N–H and O–H groups in total. The summed E-state index contributed by atoms with van der Waals surface area (Å²) in [6.07, 6.45) is 4.93. The molecule has 0 aromatic carbocycles. The predicted molar refractivity (Wildman–Crippen MR) is 78.3 cm³/mol. The van der Waals surface area contributed by atoms with Crippen molar-refractivity contribution in [3.8, 4) is 0 Å². The summed E-state index contributed by atoms with van der Waals surface area (Å²) in [5.74, 6) is 1.95. The van der Waals surface area contributed by atoms with Crippen LogP contribution in [-0.2, 0) is 19.1 Å². The third kappa shape index (κ3) is 13.5. The van der Waals surface area contributed by atoms with Gasteiger partial charge in [0.1, 0.15) is 0 Å². The smallest absolute Gasteiger partial charge is 0.305 e. The van der Waals surface area contributed by atoms with Gasteiger partial charge in [0, 0.05) is 12.8 Å². The van der Waals surface area contributed by atoms with Crippen LogP contribution in [0.4, 0.5) is 0 Å². The van der Waals surface area contributed by atoms with E-state index in [4.69, 9.17) is 9.47 Å². The fourth-order valence-electron chi connectivity index (χ4n) is 1.52. The highest BCUT2D eigenvalue weighted by molar-refractivity contribution is 7.99. The normalized spacial score (nSPS) is 10.2. The molecule has 0 aromatic rings. The molecule has 0 bridgehead atoms. The summed E-state index contributed by atoms with van der Waals surface area (Å²) in [5.41, 5.74) is 0. The standard InChI is InChI=1S/C14H26O4S/c1-3-17-13(15)9-5-7-11-19-12-8-6-10-14(16)18-4-2/h3-12H2,1-2H3. The number of hydrogen-bond acceptors (Lipinski definition) is 5. The Kier molecular flexibility index (Phi) is 13.2. The molecule has 0 saturated heterocycles. The number of carbonyl (C=O) groups excluding carboxylic acids is 2. The lowest BCUT2D eigenvalue weighted by Crippen LogP contribution is -2.03. The second kappa shape index (κ2) is 13.7. The van der Waals surface area contributed by atoms with Gasteiger partial charge in [-0.1, -0.05) is 0 Å². The summed E-state index contributed by atoms with van der Waals surface area (Å²) in [6.45, 7) is 4.58. The van der Waals surface area contributed by atoms with E-state index in [1.54, 1.807) is 0 Å². The Balaban J connectivity index is 3.15. The van der Waals surface area contributed by atoms with Gasteiger partial charge in [-0.05, 0) is 51.0 Å². The van der Waals surface area contributed by atoms with Crippen LogP contribution < -0.4 is 0 Å². The molecule has 0 unspecified atom stereocenters. The van der Waals surface area contributed by atoms with Gasteiger partial charge in [0.2, 0.25) is 0 Å². The SMILES string of the molecule is CCOC(=O)CCCCSCCCCC(=O)OCC. The third-order valence-electron chi connectivity index (χ3n) is 2.45. The van der Waals surface area contributed by atoms with E-state index in [0.29, 0.717) is 26.1 Å². The fraction of sp³-hybridized carbons (Fsp3) is 0.857. The van der Waals surface area contributed by atoms with Crippen LogP contribution in [0.3, 0.4) is 0 Å². The van der Waals surface area contributed by atoms with Crippen molar-refractivity contribution in [1.82, 2.24) is 0 Å². The molecule has 0 saturated carbocycles. The first-order valence-corrected chi connectivity index (χ1v) is 8.25. The Bertz CT molecular complexity index is 220. The number of rotatable bonds is 12. The molecule has 0 aliphatic rings. The first kappa shape index (κ1) is 18.3. The number of ether oxygens (including phenoxy) is 2. The summed E-state index contributed by atoms with van der Waals surface area (Å²) in [7, 11) is 0. The molecule has 0 aliphatic carbocycles. The van der Waals surface area contributed by atoms with Gasteiger partial charge < -0.3 is 9.47 Å². The fourth-order valence-corrected chi connectivity index (χ4v) is 2.54. The Morgan fingerprint density at radius 1 is 0.789 bits per heavy atom. The van der Waals surface area contributed by atoms with Gasteiger partial charge in [0.05, 0.1) is 13.2 Å². The van der Waals surface area contributed by atoms with Crippen LogP contribution in [0.2, 0.25) is 0 Å². The molecule has 0 heterocycles. The number of hydrogen-bond donors (Lipinski definition) is 0. The maximum Gasteiger partial charge on any atom is 0.305 e. The Morgan fingerprint density at radius 2 is 1.21 bits per heavy atom. The van der Waals surface area contributed by atoms with E-state index >= 15 is 0 Å². The first-order chi connectivity index (χ1) is 9.20. The second-order valence-electron chi connectivity index (χ2n) is 4.14. The number of thioether (sulfide) groups is 1. The molecule has 0 aromatic heterocycles. The van der Waals surface area contributed by atoms with Crippen molar-refractivity contribution < 1.29 is 19.1 Å². The zero-order valence-electron chi connectivity index (χ0n) is 12.1. The van der Waals surface area contributed by atoms with Crippen LogP contribution in [0.15, 0.2) is 0 Å². The Labute approximate surface area is 120 Å². The quantitative estimate of drug-likeness (QED) is 0.408. The maximum absolute atomic E-state index is 11.1. The average Bonchev–Trinajstić information content (AvgIpc) is 2.37. The lowest BCUT2D eigenvalue weighted by Gasteiger charge is -2.03. The highest BCUT2D eigenvalue weighted by Gasteiger charge is 2.02. The average molecular weight is 290 g/mol. The van der Waals surface area contributed by atoms with Crippen LogP contribution >= 0.6 is 11.8 Å². The van der Waals surface area contributed by atoms with Crippen molar-refractivity contribution in [2.75, 3.05) is 24.7 Å². The van der Waals surface area contributed by atoms with Gasteiger partial charge in [-0.2, -0.15) is 11.8 Å². The minimum atomic E-state index is -0.0954. The van der Waals surface area contributed by atoms with Crippen molar-refractivity contribution >= 4 is 23.7 Å². The lowest BCUT2D eigenvalue weighted by atomic mass is 10.2. The van der Waals surface area contributed by atoms with Crippen molar-refractivity contribution in [3.63, 3.8) is 0 Å². The van der Waals surface area contributed by atoms with Crippen molar-refractivity contribution in [2.24, 2.45) is 0 Å². The number of unbranched alkanes of at least 4 members (excludes halogenated alkanes) is 2. The Hall–Kier alpha value is -0.710. The van der Waals surface area contributed by atoms with E-state index < -0.39 is 0 Å². The molecule has 0 amide bonds. The number of esters is 2. The molecule has 0 atom stereocenters. The number of carbonyl (C=O) groups is 2. The molecule has 0 aliphatic heterocycles. The van der Waals surface area contributed by atoms with E-state index in [9.17, 15) is 9.59 Å². The highest BCUT2D eigenvalue weighted by atomic mass is 32.2. The summed E-state index contributed by atoms with van der Waals surface area (Å²) < 4.78 is 9.71. The van der Waals surface area contributed by atoms with E-state index in [2.05, 4.69) is 0 Å². The molecule has 112 valence electrons. The molecular weight excluding hydrogens is 264 g/mol. The van der Waals surface area contributed by atoms with Crippen LogP contribution in [0.25, 0.3) is 0 Å². The van der Waals surface area contributed by atoms with Crippen LogP contribution in [0, 0.1) is 0 Å². The highest BCUT2D eigenvalue weighted by Crippen LogP contribution is 2.10. The minimum Gasteiger partial charge on any atom is -0.466 e. The Morgan fingerprint density at radius 3 is 1.58 bits per heavy atom. The zero-order valence-corrected chi connectivity index (χ0v) is 12.9. The van der Waals surface area contributed by atoms with E-state index in [1.807, 2.05) is 25.6 Å². The van der Waals surface area contributed by atoms with E-state index in [0.717, 1.165) is 37.2 Å². The van der Waals surface area contributed by atoms with Crippen molar-refractivity contribution in [2.45, 2.75) is 52.4 Å². The molecular formula is C14H26O4S. The lowest BCUT2D eigenvalue weighted by molar-refractivity contribution is -0.144. The molecule has 4 nitrogen and oxygen atoms in total. The predicted octanol–water partition coefficient (Wildman–Crippen LogP) is 3.19. The summed E-state index contributed by atoms with van der Waals surface area (Å²) in [5, 5.41) is 0. The first-order valence-electron chi connectivity index (χ1n) is 7.09. The van der Waals surface area contributed by atoms with Crippen LogP contribution in [0.1, 0.15) is 52.4 Å². The van der Waals surface area contributed by atoms with Crippen LogP contribution in [-0.4, -0.2) is 36.7 Å². The van der Waals surface area contributed by atoms with Crippen molar-refractivity contribution in [3.05, 3.63) is 0 Å². The molecule has 5 heteroatoms. The largest absolute Gasteiger partial charge is 0.466 e. The summed E-state index contributed by atoms with van der Waals surface area (Å²) in [4.78, 5) is 22.1. The van der Waals surface area contributed by atoms with Gasteiger partial charge in [-0.15, -0.1) is 0 Å². The maximum atomic E-state index is 11.1. The molecule has 0 spiro atoms. The van der Waals surface area contributed by atoms with Gasteiger partial charge in [-0.25, -0.2) is 0 Å². The van der Waals surface area contributed by atoms with Gasteiger partial charge in [-0.3, -0.25) is 9.59 Å². The van der Waals surface area contributed by atoms with Gasteiger partial charge in [0.15, 0.2) is 0 Å². The molecule has 0 fully saturated rings. The van der Waals surface area contributed by atoms with Gasteiger partial charge in [0.25, 0.3) is 0 Å². The van der Waals surface area contributed by atoms with Crippen molar-refractivity contribution in [1.29, 1.82) is 0 Å². The third-order valence-corrected chi connectivity index (χ3v) is 3.60. The minimum absolute atomic E-state index is 0.0954. The monoisotopic (exact) mass is 290 g/mol. The molecule has 0 radical (unpaired) electrons. The topological polar surface area (TPSA) is 52.6 Å². The molecule has 19 heavy (non-hydrogen) atoms. The summed E-state index contributed by atoms with van der Waals surface area (Å²) >= 11 is 1.88. The van der Waals surface area contributed by atoms with Gasteiger partial charge >= 0.3 is 11.9 Å². The second-order valence-corrected chi connectivity index (χ2v) is 5.36. The zero-order chi connectivity index (χ0) is 14.3. The van der Waals surface area contributed by atoms with Crippen LogP contribution in [0.5, 0.6) is 0 Å².